The summed E-state index contributed by atoms with van der Waals surface area (Å²) in [5, 5.41) is 3.09. The standard InChI is InChI=1S/C18H28N4O4S/c1-25-16-10-9-15(11-17(16)26-2)27(23,24)21-18-19-12-22(13-20-18)14-7-5-3-4-6-8-14/h9-11,14H,3-8,12-13H2,1-2H3,(H2,19,20,21). The summed E-state index contributed by atoms with van der Waals surface area (Å²) in [6.45, 7) is 1.10. The normalized spacial score (nSPS) is 19.6. The molecule has 2 N–H and O–H groups in total. The zero-order chi connectivity index (χ0) is 19.3. The van der Waals surface area contributed by atoms with Gasteiger partial charge in [0.05, 0.1) is 32.5 Å². The average Bonchev–Trinajstić information content (AvgIpc) is 2.97. The topological polar surface area (TPSA) is 92.3 Å². The maximum Gasteiger partial charge on any atom is 0.264 e. The second-order valence-electron chi connectivity index (χ2n) is 6.84. The fourth-order valence-electron chi connectivity index (χ4n) is 3.55. The van der Waals surface area contributed by atoms with Gasteiger partial charge in [0.15, 0.2) is 11.5 Å². The molecule has 3 rings (SSSR count). The maximum atomic E-state index is 12.7. The number of rotatable bonds is 5. The summed E-state index contributed by atoms with van der Waals surface area (Å²) in [4.78, 5) is 6.76. The molecule has 1 heterocycles. The minimum absolute atomic E-state index is 0.0934. The molecule has 1 saturated carbocycles. The largest absolute Gasteiger partial charge is 0.493 e. The highest BCUT2D eigenvalue weighted by Gasteiger charge is 2.25. The van der Waals surface area contributed by atoms with Gasteiger partial charge in [-0.25, -0.2) is 18.1 Å². The van der Waals surface area contributed by atoms with E-state index < -0.39 is 10.0 Å². The lowest BCUT2D eigenvalue weighted by Gasteiger charge is -2.33. The van der Waals surface area contributed by atoms with Crippen LogP contribution in [0.1, 0.15) is 38.5 Å². The molecule has 0 unspecified atom stereocenters. The molecule has 0 bridgehead atoms. The zero-order valence-electron chi connectivity index (χ0n) is 15.9. The molecule has 0 amide bonds. The van der Waals surface area contributed by atoms with Crippen molar-refractivity contribution in [2.24, 2.45) is 4.99 Å². The average molecular weight is 397 g/mol. The first-order valence-electron chi connectivity index (χ1n) is 9.30. The van der Waals surface area contributed by atoms with Crippen LogP contribution < -0.4 is 19.5 Å². The molecular weight excluding hydrogens is 368 g/mol. The Hall–Kier alpha value is -2.00. The SMILES string of the molecule is COc1ccc(S(=O)(=O)NC2=NCN(C3CCCCCC3)CN2)cc1OC. The molecule has 150 valence electrons. The second-order valence-corrected chi connectivity index (χ2v) is 8.52. The number of nitrogens with zero attached hydrogens (tertiary/aromatic N) is 2. The highest BCUT2D eigenvalue weighted by molar-refractivity contribution is 7.90. The van der Waals surface area contributed by atoms with Gasteiger partial charge in [0.2, 0.25) is 5.96 Å². The Labute approximate surface area is 161 Å². The first-order valence-corrected chi connectivity index (χ1v) is 10.8. The summed E-state index contributed by atoms with van der Waals surface area (Å²) in [5.41, 5.74) is 0. The molecule has 2 aliphatic rings. The van der Waals surface area contributed by atoms with Gasteiger partial charge in [0, 0.05) is 12.1 Å². The molecule has 1 aliphatic heterocycles. The number of benzene rings is 1. The molecule has 1 fully saturated rings. The van der Waals surface area contributed by atoms with E-state index in [0.29, 0.717) is 30.9 Å². The lowest BCUT2D eigenvalue weighted by atomic mass is 10.1. The van der Waals surface area contributed by atoms with Gasteiger partial charge in [0.25, 0.3) is 10.0 Å². The Balaban J connectivity index is 1.66. The van der Waals surface area contributed by atoms with E-state index in [0.717, 1.165) is 0 Å². The Morgan fingerprint density at radius 3 is 2.41 bits per heavy atom. The van der Waals surface area contributed by atoms with Crippen LogP contribution in [0, 0.1) is 0 Å². The number of methoxy groups -OCH3 is 2. The first-order chi connectivity index (χ1) is 13.0. The van der Waals surface area contributed by atoms with Gasteiger partial charge >= 0.3 is 0 Å². The fourth-order valence-corrected chi connectivity index (χ4v) is 4.57. The number of aliphatic imine (C=N–C) groups is 1. The fraction of sp³-hybridized carbons (Fsp3) is 0.611. The van der Waals surface area contributed by atoms with Crippen LogP contribution in [-0.4, -0.2) is 52.9 Å². The van der Waals surface area contributed by atoms with Crippen molar-refractivity contribution in [1.82, 2.24) is 14.9 Å². The van der Waals surface area contributed by atoms with Gasteiger partial charge in [-0.3, -0.25) is 4.90 Å². The molecule has 8 nitrogen and oxygen atoms in total. The Kier molecular flexibility index (Phi) is 6.43. The van der Waals surface area contributed by atoms with Crippen LogP contribution >= 0.6 is 0 Å². The minimum Gasteiger partial charge on any atom is -0.493 e. The van der Waals surface area contributed by atoms with Crippen molar-refractivity contribution in [1.29, 1.82) is 0 Å². The van der Waals surface area contributed by atoms with Crippen molar-refractivity contribution in [2.75, 3.05) is 27.6 Å². The van der Waals surface area contributed by atoms with E-state index in [1.54, 1.807) is 6.07 Å². The summed E-state index contributed by atoms with van der Waals surface area (Å²) in [6, 6.07) is 5.00. The molecule has 0 aromatic heterocycles. The smallest absolute Gasteiger partial charge is 0.264 e. The number of sulfonamides is 1. The third-order valence-corrected chi connectivity index (χ3v) is 6.43. The van der Waals surface area contributed by atoms with Gasteiger partial charge in [-0.1, -0.05) is 25.7 Å². The number of guanidine groups is 1. The highest BCUT2D eigenvalue weighted by atomic mass is 32.2. The number of ether oxygens (including phenoxy) is 2. The Morgan fingerprint density at radius 1 is 1.11 bits per heavy atom. The van der Waals surface area contributed by atoms with E-state index in [2.05, 4.69) is 19.9 Å². The van der Waals surface area contributed by atoms with Crippen molar-refractivity contribution in [3.63, 3.8) is 0 Å². The Bertz CT molecular complexity index is 774. The van der Waals surface area contributed by atoms with Gasteiger partial charge in [-0.2, -0.15) is 0 Å². The van der Waals surface area contributed by atoms with Crippen LogP contribution in [-0.2, 0) is 10.0 Å². The van der Waals surface area contributed by atoms with E-state index >= 15 is 0 Å². The predicted molar refractivity (Wildman–Crippen MR) is 104 cm³/mol. The van der Waals surface area contributed by atoms with Gasteiger partial charge in [-0.15, -0.1) is 0 Å². The third-order valence-electron chi connectivity index (χ3n) is 5.10. The minimum atomic E-state index is -3.76. The third kappa shape index (κ3) is 4.84. The summed E-state index contributed by atoms with van der Waals surface area (Å²) in [7, 11) is -0.789. The first kappa shape index (κ1) is 19.8. The molecule has 0 spiro atoms. The zero-order valence-corrected chi connectivity index (χ0v) is 16.7. The van der Waals surface area contributed by atoms with Crippen LogP contribution in [0.4, 0.5) is 0 Å². The lowest BCUT2D eigenvalue weighted by molar-refractivity contribution is 0.171. The molecule has 1 aromatic carbocycles. The molecule has 9 heteroatoms. The molecule has 0 saturated heterocycles. The van der Waals surface area contributed by atoms with E-state index in [9.17, 15) is 8.42 Å². The molecule has 0 radical (unpaired) electrons. The van der Waals surface area contributed by atoms with Crippen LogP contribution in [0.25, 0.3) is 0 Å². The van der Waals surface area contributed by atoms with Gasteiger partial charge < -0.3 is 14.8 Å². The number of hydrogen-bond acceptors (Lipinski definition) is 7. The molecule has 1 aromatic rings. The molecule has 1 aliphatic carbocycles. The van der Waals surface area contributed by atoms with Crippen LogP contribution in [0.15, 0.2) is 28.1 Å². The van der Waals surface area contributed by atoms with E-state index in [1.807, 2.05) is 0 Å². The predicted octanol–water partition coefficient (Wildman–Crippen LogP) is 1.88. The quantitative estimate of drug-likeness (QED) is 0.739. The molecule has 27 heavy (non-hydrogen) atoms. The monoisotopic (exact) mass is 396 g/mol. The number of hydrogen-bond donors (Lipinski definition) is 2. The van der Waals surface area contributed by atoms with Gasteiger partial charge in [0.1, 0.15) is 0 Å². The van der Waals surface area contributed by atoms with Gasteiger partial charge in [-0.05, 0) is 25.0 Å². The van der Waals surface area contributed by atoms with Crippen molar-refractivity contribution < 1.29 is 17.9 Å². The summed E-state index contributed by atoms with van der Waals surface area (Å²) in [5.74, 6) is 1.11. The van der Waals surface area contributed by atoms with Crippen molar-refractivity contribution in [3.05, 3.63) is 18.2 Å². The van der Waals surface area contributed by atoms with Crippen LogP contribution in [0.2, 0.25) is 0 Å². The number of nitrogens with one attached hydrogen (secondary N) is 2. The summed E-state index contributed by atoms with van der Waals surface area (Å²) < 4.78 is 38.2. The second kappa shape index (κ2) is 8.79. The molecule has 0 atom stereocenters. The van der Waals surface area contributed by atoms with Crippen molar-refractivity contribution in [2.45, 2.75) is 49.5 Å². The maximum absolute atomic E-state index is 12.7. The van der Waals surface area contributed by atoms with Crippen molar-refractivity contribution in [3.8, 4) is 11.5 Å². The van der Waals surface area contributed by atoms with Crippen LogP contribution in [0.5, 0.6) is 11.5 Å². The molecular formula is C18H28N4O4S. The van der Waals surface area contributed by atoms with E-state index in [-0.39, 0.29) is 10.9 Å². The lowest BCUT2D eigenvalue weighted by Crippen LogP contribution is -2.52. The van der Waals surface area contributed by atoms with E-state index in [1.165, 1.54) is 64.9 Å². The van der Waals surface area contributed by atoms with Crippen LogP contribution in [0.3, 0.4) is 0 Å². The summed E-state index contributed by atoms with van der Waals surface area (Å²) in [6.07, 6.45) is 7.48. The Morgan fingerprint density at radius 2 is 1.81 bits per heavy atom. The highest BCUT2D eigenvalue weighted by Crippen LogP contribution is 2.29. The summed E-state index contributed by atoms with van der Waals surface area (Å²) >= 11 is 0. The van der Waals surface area contributed by atoms with E-state index in [4.69, 9.17) is 9.47 Å². The van der Waals surface area contributed by atoms with Crippen molar-refractivity contribution >= 4 is 16.0 Å².